The standard InChI is InChI=1S/C17H27N3O.2ClH/c1-14-7-10-20(11-8-14)13-16-5-3-2-4-15(16)12-19-17(21)6-9-18;;/h2-5,14H,6-13,18H2,1H3,(H,19,21);2*1H. The maximum absolute atomic E-state index is 11.6. The van der Waals surface area contributed by atoms with Crippen LogP contribution in [0.1, 0.15) is 37.3 Å². The number of amides is 1. The molecule has 0 spiro atoms. The zero-order valence-corrected chi connectivity index (χ0v) is 15.4. The van der Waals surface area contributed by atoms with Crippen LogP contribution < -0.4 is 11.1 Å². The maximum atomic E-state index is 11.6. The maximum Gasteiger partial charge on any atom is 0.221 e. The molecular formula is C17H29Cl2N3O. The van der Waals surface area contributed by atoms with Gasteiger partial charge in [0.25, 0.3) is 0 Å². The van der Waals surface area contributed by atoms with Gasteiger partial charge in [-0.1, -0.05) is 31.2 Å². The monoisotopic (exact) mass is 361 g/mol. The summed E-state index contributed by atoms with van der Waals surface area (Å²) in [7, 11) is 0. The van der Waals surface area contributed by atoms with Gasteiger partial charge in [0.1, 0.15) is 0 Å². The molecule has 0 unspecified atom stereocenters. The molecule has 0 bridgehead atoms. The highest BCUT2D eigenvalue weighted by Crippen LogP contribution is 2.19. The van der Waals surface area contributed by atoms with Crippen LogP contribution in [0.2, 0.25) is 0 Å². The number of hydrogen-bond donors (Lipinski definition) is 2. The molecule has 1 heterocycles. The van der Waals surface area contributed by atoms with Crippen molar-refractivity contribution in [3.63, 3.8) is 0 Å². The number of nitrogens with one attached hydrogen (secondary N) is 1. The van der Waals surface area contributed by atoms with Crippen molar-refractivity contribution >= 4 is 30.7 Å². The van der Waals surface area contributed by atoms with E-state index in [0.717, 1.165) is 12.5 Å². The van der Waals surface area contributed by atoms with Gasteiger partial charge in [0, 0.05) is 26.1 Å². The van der Waals surface area contributed by atoms with Crippen LogP contribution >= 0.6 is 24.8 Å². The Morgan fingerprint density at radius 1 is 1.22 bits per heavy atom. The van der Waals surface area contributed by atoms with Crippen molar-refractivity contribution in [1.29, 1.82) is 0 Å². The molecule has 6 heteroatoms. The Labute approximate surface area is 152 Å². The average Bonchev–Trinajstić information content (AvgIpc) is 2.49. The van der Waals surface area contributed by atoms with E-state index in [1.165, 1.54) is 37.1 Å². The number of nitrogens with zero attached hydrogens (tertiary/aromatic N) is 1. The van der Waals surface area contributed by atoms with E-state index >= 15 is 0 Å². The lowest BCUT2D eigenvalue weighted by molar-refractivity contribution is -0.121. The molecule has 0 aromatic heterocycles. The summed E-state index contributed by atoms with van der Waals surface area (Å²) in [4.78, 5) is 14.1. The third-order valence-corrected chi connectivity index (χ3v) is 4.24. The second kappa shape index (κ2) is 11.7. The first-order chi connectivity index (χ1) is 10.2. The van der Waals surface area contributed by atoms with Crippen LogP contribution in [-0.2, 0) is 17.9 Å². The van der Waals surface area contributed by atoms with E-state index in [2.05, 4.69) is 35.3 Å². The number of rotatable bonds is 6. The minimum atomic E-state index is 0. The zero-order valence-electron chi connectivity index (χ0n) is 13.8. The number of likely N-dealkylation sites (tertiary alicyclic amines) is 1. The van der Waals surface area contributed by atoms with Crippen LogP contribution in [0.3, 0.4) is 0 Å². The van der Waals surface area contributed by atoms with Gasteiger partial charge in [-0.15, -0.1) is 24.8 Å². The number of halogens is 2. The van der Waals surface area contributed by atoms with Crippen LogP contribution in [0.25, 0.3) is 0 Å². The van der Waals surface area contributed by atoms with E-state index in [9.17, 15) is 4.79 Å². The van der Waals surface area contributed by atoms with E-state index in [4.69, 9.17) is 5.73 Å². The summed E-state index contributed by atoms with van der Waals surface area (Å²) in [5.74, 6) is 0.881. The fraction of sp³-hybridized carbons (Fsp3) is 0.588. The Morgan fingerprint density at radius 2 is 1.83 bits per heavy atom. The van der Waals surface area contributed by atoms with E-state index in [1.807, 2.05) is 6.07 Å². The van der Waals surface area contributed by atoms with Crippen LogP contribution in [0.15, 0.2) is 24.3 Å². The molecule has 132 valence electrons. The quantitative estimate of drug-likeness (QED) is 0.818. The van der Waals surface area contributed by atoms with Gasteiger partial charge in [0.05, 0.1) is 0 Å². The Hall–Kier alpha value is -0.810. The van der Waals surface area contributed by atoms with E-state index < -0.39 is 0 Å². The Morgan fingerprint density at radius 3 is 2.43 bits per heavy atom. The summed E-state index contributed by atoms with van der Waals surface area (Å²) in [6.45, 7) is 6.66. The van der Waals surface area contributed by atoms with Gasteiger partial charge in [-0.25, -0.2) is 0 Å². The van der Waals surface area contributed by atoms with Crippen molar-refractivity contribution in [2.45, 2.75) is 39.3 Å². The Balaban J connectivity index is 0.00000242. The number of piperidine rings is 1. The van der Waals surface area contributed by atoms with E-state index in [-0.39, 0.29) is 30.7 Å². The number of carbonyl (C=O) groups is 1. The molecule has 1 amide bonds. The van der Waals surface area contributed by atoms with Gasteiger partial charge in [-0.05, 0) is 43.0 Å². The van der Waals surface area contributed by atoms with Gasteiger partial charge >= 0.3 is 0 Å². The normalized spacial score (nSPS) is 15.4. The minimum Gasteiger partial charge on any atom is -0.352 e. The Kier molecular flexibility index (Phi) is 11.3. The number of benzene rings is 1. The summed E-state index contributed by atoms with van der Waals surface area (Å²) in [5, 5.41) is 2.95. The molecule has 1 aromatic rings. The van der Waals surface area contributed by atoms with Crippen LogP contribution in [0, 0.1) is 5.92 Å². The molecule has 1 aliphatic heterocycles. The molecule has 0 radical (unpaired) electrons. The zero-order chi connectivity index (χ0) is 15.1. The van der Waals surface area contributed by atoms with Crippen molar-refractivity contribution in [3.05, 3.63) is 35.4 Å². The fourth-order valence-electron chi connectivity index (χ4n) is 2.76. The fourth-order valence-corrected chi connectivity index (χ4v) is 2.76. The van der Waals surface area contributed by atoms with Gasteiger partial charge in [0.2, 0.25) is 5.91 Å². The lowest BCUT2D eigenvalue weighted by atomic mass is 9.98. The predicted octanol–water partition coefficient (Wildman–Crippen LogP) is 2.73. The van der Waals surface area contributed by atoms with Crippen molar-refractivity contribution in [1.82, 2.24) is 10.2 Å². The van der Waals surface area contributed by atoms with Crippen molar-refractivity contribution in [2.75, 3.05) is 19.6 Å². The summed E-state index contributed by atoms with van der Waals surface area (Å²) in [5.41, 5.74) is 7.92. The van der Waals surface area contributed by atoms with Gasteiger partial charge < -0.3 is 11.1 Å². The molecule has 0 saturated carbocycles. The molecule has 1 aromatic carbocycles. The molecule has 1 saturated heterocycles. The van der Waals surface area contributed by atoms with Gasteiger partial charge in [-0.3, -0.25) is 9.69 Å². The molecule has 0 atom stereocenters. The first-order valence-corrected chi connectivity index (χ1v) is 7.95. The SMILES string of the molecule is CC1CCN(Cc2ccccc2CNC(=O)CCN)CC1.Cl.Cl. The molecular weight excluding hydrogens is 333 g/mol. The summed E-state index contributed by atoms with van der Waals surface area (Å²) in [6.07, 6.45) is 2.97. The topological polar surface area (TPSA) is 58.4 Å². The highest BCUT2D eigenvalue weighted by atomic mass is 35.5. The Bertz CT molecular complexity index is 463. The van der Waals surface area contributed by atoms with Crippen LogP contribution in [0.5, 0.6) is 0 Å². The van der Waals surface area contributed by atoms with E-state index in [1.54, 1.807) is 0 Å². The lowest BCUT2D eigenvalue weighted by Crippen LogP contribution is -2.33. The molecule has 3 N–H and O–H groups in total. The van der Waals surface area contributed by atoms with Gasteiger partial charge in [-0.2, -0.15) is 0 Å². The second-order valence-corrected chi connectivity index (χ2v) is 6.04. The first-order valence-electron chi connectivity index (χ1n) is 7.95. The molecule has 23 heavy (non-hydrogen) atoms. The summed E-state index contributed by atoms with van der Waals surface area (Å²) in [6, 6.07) is 8.38. The highest BCUT2D eigenvalue weighted by molar-refractivity contribution is 5.85. The highest BCUT2D eigenvalue weighted by Gasteiger charge is 2.16. The third kappa shape index (κ3) is 7.53. The average molecular weight is 362 g/mol. The lowest BCUT2D eigenvalue weighted by Gasteiger charge is -2.30. The van der Waals surface area contributed by atoms with Crippen LogP contribution in [0.4, 0.5) is 0 Å². The molecule has 1 fully saturated rings. The van der Waals surface area contributed by atoms with Crippen molar-refractivity contribution in [3.8, 4) is 0 Å². The predicted molar refractivity (Wildman–Crippen MR) is 100 cm³/mol. The first kappa shape index (κ1) is 22.2. The smallest absolute Gasteiger partial charge is 0.221 e. The molecule has 1 aliphatic rings. The second-order valence-electron chi connectivity index (χ2n) is 6.04. The summed E-state index contributed by atoms with van der Waals surface area (Å²) < 4.78 is 0. The van der Waals surface area contributed by atoms with Crippen molar-refractivity contribution < 1.29 is 4.79 Å². The van der Waals surface area contributed by atoms with Gasteiger partial charge in [0.15, 0.2) is 0 Å². The number of carbonyl (C=O) groups excluding carboxylic acids is 1. The summed E-state index contributed by atoms with van der Waals surface area (Å²) >= 11 is 0. The number of hydrogen-bond acceptors (Lipinski definition) is 3. The molecule has 4 nitrogen and oxygen atoms in total. The third-order valence-electron chi connectivity index (χ3n) is 4.24. The molecule has 2 rings (SSSR count). The minimum absolute atomic E-state index is 0. The van der Waals surface area contributed by atoms with Crippen LogP contribution in [-0.4, -0.2) is 30.4 Å². The number of nitrogens with two attached hydrogens (primary N) is 1. The van der Waals surface area contributed by atoms with Crippen molar-refractivity contribution in [2.24, 2.45) is 11.7 Å². The van der Waals surface area contributed by atoms with E-state index in [0.29, 0.717) is 19.5 Å². The largest absolute Gasteiger partial charge is 0.352 e. The molecule has 0 aliphatic carbocycles.